The zero-order valence-corrected chi connectivity index (χ0v) is 11.0. The summed E-state index contributed by atoms with van der Waals surface area (Å²) >= 11 is 0. The summed E-state index contributed by atoms with van der Waals surface area (Å²) in [5.41, 5.74) is 8.76. The number of aryl methyl sites for hydroxylation is 1. The van der Waals surface area contributed by atoms with Crippen LogP contribution in [0.4, 0.5) is 5.82 Å². The van der Waals surface area contributed by atoms with Crippen LogP contribution in [0.2, 0.25) is 0 Å². The number of hydrogen-bond acceptors (Lipinski definition) is 4. The number of amides is 1. The van der Waals surface area contributed by atoms with Gasteiger partial charge in [0.05, 0.1) is 5.56 Å². The maximum Gasteiger partial charge on any atom is 0.252 e. The van der Waals surface area contributed by atoms with Crippen LogP contribution < -0.4 is 11.1 Å². The Bertz CT molecular complexity index is 610. The molecule has 0 bridgehead atoms. The van der Waals surface area contributed by atoms with Crippen molar-refractivity contribution < 1.29 is 4.79 Å². The largest absolute Gasteiger partial charge is 0.372 e. The van der Waals surface area contributed by atoms with Crippen LogP contribution in [-0.4, -0.2) is 22.9 Å². The zero-order chi connectivity index (χ0) is 13.8. The zero-order valence-electron chi connectivity index (χ0n) is 11.0. The van der Waals surface area contributed by atoms with Crippen molar-refractivity contribution in [1.29, 1.82) is 0 Å². The first-order valence-electron chi connectivity index (χ1n) is 6.08. The van der Waals surface area contributed by atoms with E-state index in [0.29, 0.717) is 11.4 Å². The number of anilines is 1. The normalized spacial score (nSPS) is 10.2. The number of nitrogens with zero attached hydrogens (tertiary/aromatic N) is 2. The molecule has 2 aromatic heterocycles. The third-order valence-corrected chi connectivity index (χ3v) is 2.99. The summed E-state index contributed by atoms with van der Waals surface area (Å²) in [5, 5.41) is 2.86. The Balaban J connectivity index is 2.57. The number of rotatable bonds is 4. The Kier molecular flexibility index (Phi) is 3.75. The number of carbonyl (C=O) groups is 1. The van der Waals surface area contributed by atoms with Crippen molar-refractivity contribution in [3.8, 4) is 11.1 Å². The molecule has 0 aliphatic carbocycles. The van der Waals surface area contributed by atoms with Crippen molar-refractivity contribution in [2.75, 3.05) is 12.4 Å². The molecule has 0 saturated carbocycles. The quantitative estimate of drug-likeness (QED) is 0.874. The van der Waals surface area contributed by atoms with Crippen molar-refractivity contribution in [3.05, 3.63) is 41.9 Å². The molecule has 0 radical (unpaired) electrons. The molecule has 0 saturated heterocycles. The van der Waals surface area contributed by atoms with Crippen LogP contribution in [0.15, 0.2) is 30.7 Å². The first-order valence-corrected chi connectivity index (χ1v) is 6.08. The molecule has 2 aromatic rings. The van der Waals surface area contributed by atoms with E-state index in [4.69, 9.17) is 5.73 Å². The van der Waals surface area contributed by atoms with Gasteiger partial charge in [-0.1, -0.05) is 6.92 Å². The highest BCUT2D eigenvalue weighted by Crippen LogP contribution is 2.25. The number of carbonyl (C=O) groups excluding carboxylic acids is 1. The molecule has 3 N–H and O–H groups in total. The van der Waals surface area contributed by atoms with Gasteiger partial charge >= 0.3 is 0 Å². The summed E-state index contributed by atoms with van der Waals surface area (Å²) in [6.45, 7) is 2.06. The lowest BCUT2D eigenvalue weighted by Crippen LogP contribution is -2.14. The van der Waals surface area contributed by atoms with Gasteiger partial charge in [0.2, 0.25) is 0 Å². The van der Waals surface area contributed by atoms with Gasteiger partial charge in [-0.15, -0.1) is 0 Å². The number of aromatic nitrogens is 2. The van der Waals surface area contributed by atoms with Crippen LogP contribution in [0.25, 0.3) is 11.1 Å². The van der Waals surface area contributed by atoms with Crippen molar-refractivity contribution in [2.45, 2.75) is 13.3 Å². The minimum absolute atomic E-state index is 0.388. The highest BCUT2D eigenvalue weighted by molar-refractivity contribution is 5.98. The highest BCUT2D eigenvalue weighted by Gasteiger charge is 2.12. The topological polar surface area (TPSA) is 80.9 Å². The second-order valence-electron chi connectivity index (χ2n) is 4.12. The Morgan fingerprint density at radius 1 is 1.42 bits per heavy atom. The maximum absolute atomic E-state index is 11.4. The SMILES string of the molecule is CCc1cnccc1-c1cnc(NC)c(C(N)=O)c1. The van der Waals surface area contributed by atoms with Gasteiger partial charge in [0, 0.05) is 31.2 Å². The monoisotopic (exact) mass is 256 g/mol. The molecule has 2 rings (SSSR count). The van der Waals surface area contributed by atoms with Gasteiger partial charge < -0.3 is 11.1 Å². The Morgan fingerprint density at radius 3 is 2.84 bits per heavy atom. The Morgan fingerprint density at radius 2 is 2.21 bits per heavy atom. The van der Waals surface area contributed by atoms with E-state index in [1.807, 2.05) is 12.3 Å². The molecule has 0 atom stereocenters. The summed E-state index contributed by atoms with van der Waals surface area (Å²) in [6.07, 6.45) is 6.14. The Hall–Kier alpha value is -2.43. The number of nitrogens with one attached hydrogen (secondary N) is 1. The van der Waals surface area contributed by atoms with Crippen LogP contribution in [0, 0.1) is 0 Å². The second-order valence-corrected chi connectivity index (χ2v) is 4.12. The van der Waals surface area contributed by atoms with Gasteiger partial charge in [-0.3, -0.25) is 9.78 Å². The van der Waals surface area contributed by atoms with Crippen molar-refractivity contribution >= 4 is 11.7 Å². The van der Waals surface area contributed by atoms with E-state index in [0.717, 1.165) is 23.1 Å². The summed E-state index contributed by atoms with van der Waals surface area (Å²) in [7, 11) is 1.71. The van der Waals surface area contributed by atoms with Gasteiger partial charge in [-0.05, 0) is 29.7 Å². The molecule has 0 aliphatic rings. The van der Waals surface area contributed by atoms with E-state index < -0.39 is 5.91 Å². The average molecular weight is 256 g/mol. The standard InChI is InChI=1S/C14H16N4O/c1-3-9-7-17-5-4-11(9)10-6-12(13(15)19)14(16-2)18-8-10/h4-8H,3H2,1-2H3,(H2,15,19)(H,16,18). The summed E-state index contributed by atoms with van der Waals surface area (Å²) in [5.74, 6) is -0.00541. The van der Waals surface area contributed by atoms with Gasteiger partial charge in [-0.25, -0.2) is 4.98 Å². The number of pyridine rings is 2. The average Bonchev–Trinajstić information content (AvgIpc) is 2.46. The van der Waals surface area contributed by atoms with Gasteiger partial charge in [0.25, 0.3) is 5.91 Å². The van der Waals surface area contributed by atoms with Crippen molar-refractivity contribution in [1.82, 2.24) is 9.97 Å². The van der Waals surface area contributed by atoms with Crippen molar-refractivity contribution in [3.63, 3.8) is 0 Å². The molecule has 98 valence electrons. The number of hydrogen-bond donors (Lipinski definition) is 2. The molecular weight excluding hydrogens is 240 g/mol. The van der Waals surface area contributed by atoms with E-state index in [9.17, 15) is 4.79 Å². The highest BCUT2D eigenvalue weighted by atomic mass is 16.1. The predicted octanol–water partition coefficient (Wildman–Crippen LogP) is 1.85. The lowest BCUT2D eigenvalue weighted by atomic mass is 10.0. The second kappa shape index (κ2) is 5.48. The fraction of sp³-hybridized carbons (Fsp3) is 0.214. The smallest absolute Gasteiger partial charge is 0.252 e. The lowest BCUT2D eigenvalue weighted by Gasteiger charge is -2.10. The minimum atomic E-state index is -0.495. The minimum Gasteiger partial charge on any atom is -0.372 e. The molecule has 5 heteroatoms. The first kappa shape index (κ1) is 13.0. The van der Waals surface area contributed by atoms with Gasteiger partial charge in [0.15, 0.2) is 0 Å². The van der Waals surface area contributed by atoms with Gasteiger partial charge in [0.1, 0.15) is 5.82 Å². The molecule has 0 aliphatic heterocycles. The molecule has 1 amide bonds. The molecular formula is C14H16N4O. The van der Waals surface area contributed by atoms with Crippen LogP contribution in [-0.2, 0) is 6.42 Å². The van der Waals surface area contributed by atoms with Gasteiger partial charge in [-0.2, -0.15) is 0 Å². The summed E-state index contributed by atoms with van der Waals surface area (Å²) in [4.78, 5) is 19.8. The summed E-state index contributed by atoms with van der Waals surface area (Å²) < 4.78 is 0. The molecule has 0 aromatic carbocycles. The third-order valence-electron chi connectivity index (χ3n) is 2.99. The molecule has 0 spiro atoms. The molecule has 0 fully saturated rings. The molecule has 19 heavy (non-hydrogen) atoms. The summed E-state index contributed by atoms with van der Waals surface area (Å²) in [6, 6.07) is 3.68. The Labute approximate surface area is 111 Å². The van der Waals surface area contributed by atoms with Crippen LogP contribution in [0.5, 0.6) is 0 Å². The van der Waals surface area contributed by atoms with E-state index in [1.165, 1.54) is 0 Å². The fourth-order valence-electron chi connectivity index (χ4n) is 1.99. The predicted molar refractivity (Wildman–Crippen MR) is 74.9 cm³/mol. The lowest BCUT2D eigenvalue weighted by molar-refractivity contribution is 0.100. The first-order chi connectivity index (χ1) is 9.17. The molecule has 5 nitrogen and oxygen atoms in total. The molecule has 0 unspecified atom stereocenters. The number of primary amides is 1. The van der Waals surface area contributed by atoms with Crippen molar-refractivity contribution in [2.24, 2.45) is 5.73 Å². The number of nitrogens with two attached hydrogens (primary N) is 1. The van der Waals surface area contributed by atoms with E-state index >= 15 is 0 Å². The van der Waals surface area contributed by atoms with E-state index in [1.54, 1.807) is 25.5 Å². The van der Waals surface area contributed by atoms with Crippen LogP contribution in [0.3, 0.4) is 0 Å². The van der Waals surface area contributed by atoms with E-state index in [2.05, 4.69) is 22.2 Å². The molecule has 2 heterocycles. The fourth-order valence-corrected chi connectivity index (χ4v) is 1.99. The maximum atomic E-state index is 11.4. The van der Waals surface area contributed by atoms with Crippen LogP contribution in [0.1, 0.15) is 22.8 Å². The third kappa shape index (κ3) is 2.54. The van der Waals surface area contributed by atoms with E-state index in [-0.39, 0.29) is 0 Å². The van der Waals surface area contributed by atoms with Crippen LogP contribution >= 0.6 is 0 Å².